The molecule has 3 nitrogen and oxygen atoms in total. The predicted octanol–water partition coefficient (Wildman–Crippen LogP) is 5.26. The van der Waals surface area contributed by atoms with E-state index in [1.807, 2.05) is 12.1 Å². The largest absolute Gasteiger partial charge is 0.497 e. The Labute approximate surface area is 170 Å². The Morgan fingerprint density at radius 1 is 1.11 bits per heavy atom. The van der Waals surface area contributed by atoms with Gasteiger partial charge >= 0.3 is 0 Å². The minimum absolute atomic E-state index is 0.202. The molecule has 3 rings (SSSR count). The minimum Gasteiger partial charge on any atom is -0.497 e. The Morgan fingerprint density at radius 2 is 1.82 bits per heavy atom. The second-order valence-electron chi connectivity index (χ2n) is 8.53. The van der Waals surface area contributed by atoms with Crippen LogP contribution in [0, 0.1) is 12.8 Å². The number of hydrogen-bond donors (Lipinski definition) is 1. The maximum atomic E-state index is 6.11. The predicted molar refractivity (Wildman–Crippen MR) is 116 cm³/mol. The molecular weight excluding hydrogens is 346 g/mol. The number of rotatable bonds is 8. The number of aryl methyl sites for hydroxylation is 1. The summed E-state index contributed by atoms with van der Waals surface area (Å²) in [5, 5.41) is 3.65. The van der Waals surface area contributed by atoms with Crippen molar-refractivity contribution < 1.29 is 9.47 Å². The van der Waals surface area contributed by atoms with Crippen molar-refractivity contribution in [2.45, 2.75) is 58.1 Å². The number of nitrogens with one attached hydrogen (secondary N) is 1. The molecule has 2 atom stereocenters. The van der Waals surface area contributed by atoms with E-state index in [2.05, 4.69) is 62.5 Å². The van der Waals surface area contributed by atoms with E-state index in [1.165, 1.54) is 16.7 Å². The Morgan fingerprint density at radius 3 is 2.46 bits per heavy atom. The molecule has 1 N–H and O–H groups in total. The van der Waals surface area contributed by atoms with E-state index < -0.39 is 0 Å². The lowest BCUT2D eigenvalue weighted by Gasteiger charge is -2.43. The molecule has 0 saturated carbocycles. The van der Waals surface area contributed by atoms with Gasteiger partial charge < -0.3 is 14.8 Å². The highest BCUT2D eigenvalue weighted by Gasteiger charge is 2.39. The second-order valence-corrected chi connectivity index (χ2v) is 8.53. The van der Waals surface area contributed by atoms with Crippen molar-refractivity contribution in [2.24, 2.45) is 5.92 Å². The molecule has 1 aliphatic rings. The number of benzene rings is 2. The van der Waals surface area contributed by atoms with Crippen molar-refractivity contribution in [2.75, 3.05) is 20.3 Å². The number of methoxy groups -OCH3 is 1. The summed E-state index contributed by atoms with van der Waals surface area (Å²) in [4.78, 5) is 0. The highest BCUT2D eigenvalue weighted by Crippen LogP contribution is 2.41. The van der Waals surface area contributed by atoms with Crippen LogP contribution in [-0.2, 0) is 16.7 Å². The summed E-state index contributed by atoms with van der Waals surface area (Å²) in [6.07, 6.45) is 3.69. The highest BCUT2D eigenvalue weighted by atomic mass is 16.5. The maximum Gasteiger partial charge on any atom is 0.118 e. The zero-order chi connectivity index (χ0) is 20.0. The zero-order valence-corrected chi connectivity index (χ0v) is 17.8. The second kappa shape index (κ2) is 9.58. The van der Waals surface area contributed by atoms with Gasteiger partial charge in [-0.25, -0.2) is 0 Å². The van der Waals surface area contributed by atoms with Gasteiger partial charge in [-0.05, 0) is 61.9 Å². The van der Waals surface area contributed by atoms with E-state index in [9.17, 15) is 0 Å². The molecule has 2 aromatic carbocycles. The van der Waals surface area contributed by atoms with E-state index in [0.717, 1.165) is 44.7 Å². The molecule has 1 fully saturated rings. The van der Waals surface area contributed by atoms with Crippen molar-refractivity contribution >= 4 is 0 Å². The molecule has 0 radical (unpaired) electrons. The summed E-state index contributed by atoms with van der Waals surface area (Å²) in [5.41, 5.74) is 4.29. The fourth-order valence-corrected chi connectivity index (χ4v) is 4.22. The van der Waals surface area contributed by atoms with Gasteiger partial charge in [0.1, 0.15) is 5.75 Å². The van der Waals surface area contributed by atoms with Gasteiger partial charge in [0, 0.05) is 18.6 Å². The molecule has 28 heavy (non-hydrogen) atoms. The van der Waals surface area contributed by atoms with Gasteiger partial charge in [0.15, 0.2) is 0 Å². The van der Waals surface area contributed by atoms with Gasteiger partial charge in [0.05, 0.1) is 13.2 Å². The van der Waals surface area contributed by atoms with Gasteiger partial charge in [-0.15, -0.1) is 0 Å². The van der Waals surface area contributed by atoms with E-state index >= 15 is 0 Å². The van der Waals surface area contributed by atoms with Crippen LogP contribution in [-0.4, -0.2) is 26.4 Å². The minimum atomic E-state index is 0.202. The molecule has 0 spiro atoms. The molecule has 152 valence electrons. The first-order chi connectivity index (χ1) is 13.5. The molecule has 0 unspecified atom stereocenters. The van der Waals surface area contributed by atoms with Crippen molar-refractivity contribution in [3.05, 3.63) is 65.2 Å². The molecular formula is C25H35NO2. The molecule has 0 amide bonds. The molecule has 3 heteroatoms. The van der Waals surface area contributed by atoms with Crippen LogP contribution in [0.15, 0.2) is 48.5 Å². The molecule has 1 heterocycles. The Hall–Kier alpha value is -1.84. The smallest absolute Gasteiger partial charge is 0.118 e. The fraction of sp³-hybridized carbons (Fsp3) is 0.520. The third-order valence-electron chi connectivity index (χ3n) is 6.18. The average Bonchev–Trinajstić information content (AvgIpc) is 2.72. The summed E-state index contributed by atoms with van der Waals surface area (Å²) in [7, 11) is 1.70. The molecule has 0 aromatic heterocycles. The Bertz CT molecular complexity index is 723. The van der Waals surface area contributed by atoms with Crippen molar-refractivity contribution in [3.63, 3.8) is 0 Å². The summed E-state index contributed by atoms with van der Waals surface area (Å²) in [6.45, 7) is 9.46. The highest BCUT2D eigenvalue weighted by molar-refractivity contribution is 5.30. The van der Waals surface area contributed by atoms with Gasteiger partial charge in [0.2, 0.25) is 0 Å². The van der Waals surface area contributed by atoms with Crippen LogP contribution >= 0.6 is 0 Å². The van der Waals surface area contributed by atoms with Crippen LogP contribution in [0.5, 0.6) is 5.75 Å². The first-order valence-corrected chi connectivity index (χ1v) is 10.5. The van der Waals surface area contributed by atoms with E-state index in [0.29, 0.717) is 12.0 Å². The lowest BCUT2D eigenvalue weighted by atomic mass is 9.68. The summed E-state index contributed by atoms with van der Waals surface area (Å²) < 4.78 is 11.3. The van der Waals surface area contributed by atoms with E-state index in [-0.39, 0.29) is 5.41 Å². The molecule has 1 aliphatic heterocycles. The van der Waals surface area contributed by atoms with Crippen molar-refractivity contribution in [1.29, 1.82) is 0 Å². The van der Waals surface area contributed by atoms with Crippen LogP contribution in [0.2, 0.25) is 0 Å². The van der Waals surface area contributed by atoms with Crippen LogP contribution in [0.4, 0.5) is 0 Å². The topological polar surface area (TPSA) is 30.5 Å². The Kier molecular flexibility index (Phi) is 7.14. The quantitative estimate of drug-likeness (QED) is 0.633. The third kappa shape index (κ3) is 5.15. The molecule has 2 aromatic rings. The van der Waals surface area contributed by atoms with Crippen LogP contribution in [0.3, 0.4) is 0 Å². The van der Waals surface area contributed by atoms with Gasteiger partial charge in [-0.1, -0.05) is 55.8 Å². The Balaban J connectivity index is 1.66. The molecule has 1 saturated heterocycles. The lowest BCUT2D eigenvalue weighted by Crippen LogP contribution is -2.42. The van der Waals surface area contributed by atoms with E-state index in [4.69, 9.17) is 9.47 Å². The van der Waals surface area contributed by atoms with Crippen molar-refractivity contribution in [3.8, 4) is 5.75 Å². The summed E-state index contributed by atoms with van der Waals surface area (Å²) in [6, 6.07) is 17.5. The number of hydrogen-bond acceptors (Lipinski definition) is 3. The molecule has 0 aliphatic carbocycles. The van der Waals surface area contributed by atoms with Gasteiger partial charge in [0.25, 0.3) is 0 Å². The first kappa shape index (κ1) is 20.9. The van der Waals surface area contributed by atoms with Crippen LogP contribution < -0.4 is 10.1 Å². The average molecular weight is 382 g/mol. The maximum absolute atomic E-state index is 6.11. The monoisotopic (exact) mass is 381 g/mol. The van der Waals surface area contributed by atoms with E-state index in [1.54, 1.807) is 7.11 Å². The lowest BCUT2D eigenvalue weighted by molar-refractivity contribution is -0.0469. The third-order valence-corrected chi connectivity index (χ3v) is 6.18. The summed E-state index contributed by atoms with van der Waals surface area (Å²) >= 11 is 0. The standard InChI is InChI=1S/C25H35NO2/c1-19(2)24-17-25(14-16-28-24,22-9-5-20(3)6-10-22)13-15-26-18-21-7-11-23(27-4)12-8-21/h5-12,19,24,26H,13-18H2,1-4H3/t24-,25+/m0/s1. The normalized spacial score (nSPS) is 22.4. The van der Waals surface area contributed by atoms with Crippen LogP contribution in [0.25, 0.3) is 0 Å². The van der Waals surface area contributed by atoms with Crippen LogP contribution in [0.1, 0.15) is 49.8 Å². The van der Waals surface area contributed by atoms with Gasteiger partial charge in [-0.3, -0.25) is 0 Å². The SMILES string of the molecule is COc1ccc(CNCC[C@@]2(c3ccc(C)cc3)CCO[C@H](C(C)C)C2)cc1. The molecule has 0 bridgehead atoms. The first-order valence-electron chi connectivity index (χ1n) is 10.5. The number of ether oxygens (including phenoxy) is 2. The van der Waals surface area contributed by atoms with Crippen molar-refractivity contribution in [1.82, 2.24) is 5.32 Å². The zero-order valence-electron chi connectivity index (χ0n) is 17.8. The summed E-state index contributed by atoms with van der Waals surface area (Å²) in [5.74, 6) is 1.46. The van der Waals surface area contributed by atoms with Gasteiger partial charge in [-0.2, -0.15) is 0 Å². The fourth-order valence-electron chi connectivity index (χ4n) is 4.22.